The van der Waals surface area contributed by atoms with Gasteiger partial charge in [0.25, 0.3) is 0 Å². The van der Waals surface area contributed by atoms with Gasteiger partial charge in [0.2, 0.25) is 6.79 Å². The van der Waals surface area contributed by atoms with Crippen molar-refractivity contribution in [2.45, 2.75) is 37.8 Å². The Balaban J connectivity index is 1.55. The van der Waals surface area contributed by atoms with E-state index in [-0.39, 0.29) is 0 Å². The number of nitrogens with zero attached hydrogens (tertiary/aromatic N) is 1. The topological polar surface area (TPSA) is 33.7 Å². The Hall–Kier alpha value is -1.26. The normalized spacial score (nSPS) is 34.0. The molecule has 4 aliphatic heterocycles. The van der Waals surface area contributed by atoms with Crippen molar-refractivity contribution in [3.8, 4) is 11.5 Å². The van der Waals surface area contributed by atoms with E-state index < -0.39 is 0 Å². The van der Waals surface area contributed by atoms with Crippen LogP contribution >= 0.6 is 0 Å². The van der Waals surface area contributed by atoms with Crippen molar-refractivity contribution in [1.82, 2.24) is 10.2 Å². The van der Waals surface area contributed by atoms with E-state index in [1.807, 2.05) is 0 Å². The van der Waals surface area contributed by atoms with E-state index in [0.29, 0.717) is 18.9 Å². The summed E-state index contributed by atoms with van der Waals surface area (Å²) in [6.45, 7) is 4.00. The first kappa shape index (κ1) is 12.3. The molecular weight excluding hydrogens is 264 g/mol. The van der Waals surface area contributed by atoms with Crippen LogP contribution in [0.5, 0.6) is 11.5 Å². The SMILES string of the molecule is c1cc2c(c3c1CCN1CC4CCCNC4CC31)OCO2. The maximum Gasteiger partial charge on any atom is 0.231 e. The molecule has 1 N–H and O–H groups in total. The molecule has 0 bridgehead atoms. The van der Waals surface area contributed by atoms with Crippen molar-refractivity contribution < 1.29 is 9.47 Å². The Morgan fingerprint density at radius 1 is 1.24 bits per heavy atom. The number of hydrogen-bond acceptors (Lipinski definition) is 4. The van der Waals surface area contributed by atoms with Crippen molar-refractivity contribution in [2.24, 2.45) is 5.92 Å². The molecule has 4 nitrogen and oxygen atoms in total. The molecule has 21 heavy (non-hydrogen) atoms. The summed E-state index contributed by atoms with van der Waals surface area (Å²) in [5.74, 6) is 2.80. The summed E-state index contributed by atoms with van der Waals surface area (Å²) >= 11 is 0. The Bertz CT molecular complexity index is 574. The molecule has 4 heteroatoms. The van der Waals surface area contributed by atoms with Crippen molar-refractivity contribution in [3.63, 3.8) is 0 Å². The molecule has 0 saturated carbocycles. The number of hydrogen-bond donors (Lipinski definition) is 1. The molecule has 4 heterocycles. The molecular formula is C17H22N2O2. The smallest absolute Gasteiger partial charge is 0.231 e. The maximum absolute atomic E-state index is 5.81. The lowest BCUT2D eigenvalue weighted by molar-refractivity contribution is 0.0534. The first-order valence-corrected chi connectivity index (χ1v) is 8.29. The van der Waals surface area contributed by atoms with Gasteiger partial charge in [-0.25, -0.2) is 0 Å². The summed E-state index contributed by atoms with van der Waals surface area (Å²) in [5, 5.41) is 3.75. The lowest BCUT2D eigenvalue weighted by Crippen LogP contribution is -2.54. The number of nitrogens with one attached hydrogen (secondary N) is 1. The van der Waals surface area contributed by atoms with E-state index in [1.165, 1.54) is 50.0 Å². The molecule has 3 unspecified atom stereocenters. The lowest BCUT2D eigenvalue weighted by atomic mass is 9.77. The van der Waals surface area contributed by atoms with Gasteiger partial charge in [-0.1, -0.05) is 6.07 Å². The second kappa shape index (κ2) is 4.62. The Labute approximate surface area is 125 Å². The predicted octanol–water partition coefficient (Wildman–Crippen LogP) is 2.09. The van der Waals surface area contributed by atoms with Crippen molar-refractivity contribution >= 4 is 0 Å². The summed E-state index contributed by atoms with van der Waals surface area (Å²) in [4.78, 5) is 2.69. The van der Waals surface area contributed by atoms with Crippen LogP contribution in [0.4, 0.5) is 0 Å². The van der Waals surface area contributed by atoms with Gasteiger partial charge in [0.05, 0.1) is 0 Å². The van der Waals surface area contributed by atoms with Crippen LogP contribution < -0.4 is 14.8 Å². The van der Waals surface area contributed by atoms with Gasteiger partial charge in [-0.05, 0) is 49.8 Å². The van der Waals surface area contributed by atoms with Crippen LogP contribution in [-0.4, -0.2) is 37.4 Å². The summed E-state index contributed by atoms with van der Waals surface area (Å²) in [6.07, 6.45) is 5.09. The van der Waals surface area contributed by atoms with Crippen molar-refractivity contribution in [1.29, 1.82) is 0 Å². The van der Waals surface area contributed by atoms with E-state index in [4.69, 9.17) is 9.47 Å². The third-order valence-corrected chi connectivity index (χ3v) is 5.78. The van der Waals surface area contributed by atoms with Crippen LogP contribution in [0.25, 0.3) is 0 Å². The van der Waals surface area contributed by atoms with Crippen LogP contribution in [-0.2, 0) is 6.42 Å². The fourth-order valence-electron chi connectivity index (χ4n) is 4.76. The summed E-state index contributed by atoms with van der Waals surface area (Å²) in [6, 6.07) is 5.53. The Morgan fingerprint density at radius 2 is 2.24 bits per heavy atom. The highest BCUT2D eigenvalue weighted by molar-refractivity contribution is 5.54. The van der Waals surface area contributed by atoms with E-state index in [2.05, 4.69) is 22.3 Å². The third kappa shape index (κ3) is 1.82. The van der Waals surface area contributed by atoms with Crippen LogP contribution in [0.3, 0.4) is 0 Å². The summed E-state index contributed by atoms with van der Waals surface area (Å²) in [7, 11) is 0. The number of benzene rings is 1. The van der Waals surface area contributed by atoms with Crippen LogP contribution in [0.15, 0.2) is 12.1 Å². The van der Waals surface area contributed by atoms with Gasteiger partial charge in [-0.3, -0.25) is 4.90 Å². The van der Waals surface area contributed by atoms with Gasteiger partial charge in [0.1, 0.15) is 0 Å². The zero-order chi connectivity index (χ0) is 13.8. The molecule has 0 aliphatic carbocycles. The fourth-order valence-corrected chi connectivity index (χ4v) is 4.76. The minimum absolute atomic E-state index is 0.378. The Morgan fingerprint density at radius 3 is 3.24 bits per heavy atom. The second-order valence-electron chi connectivity index (χ2n) is 6.83. The number of piperidine rings is 2. The number of rotatable bonds is 0. The largest absolute Gasteiger partial charge is 0.454 e. The average Bonchev–Trinajstić information content (AvgIpc) is 3.01. The highest BCUT2D eigenvalue weighted by Crippen LogP contribution is 2.48. The number of fused-ring (bicyclic) bond motifs is 6. The van der Waals surface area contributed by atoms with Crippen LogP contribution in [0, 0.1) is 5.92 Å². The van der Waals surface area contributed by atoms with Crippen LogP contribution in [0.1, 0.15) is 36.4 Å². The Kier molecular flexibility index (Phi) is 2.70. The zero-order valence-corrected chi connectivity index (χ0v) is 12.3. The number of ether oxygens (including phenoxy) is 2. The van der Waals surface area contributed by atoms with E-state index >= 15 is 0 Å². The monoisotopic (exact) mass is 286 g/mol. The predicted molar refractivity (Wildman–Crippen MR) is 79.7 cm³/mol. The van der Waals surface area contributed by atoms with E-state index in [1.54, 1.807) is 0 Å². The van der Waals surface area contributed by atoms with E-state index in [9.17, 15) is 0 Å². The highest BCUT2D eigenvalue weighted by atomic mass is 16.7. The highest BCUT2D eigenvalue weighted by Gasteiger charge is 2.41. The molecule has 2 saturated heterocycles. The molecule has 0 amide bonds. The molecule has 3 atom stereocenters. The van der Waals surface area contributed by atoms with Crippen molar-refractivity contribution in [3.05, 3.63) is 23.3 Å². The standard InChI is InChI=1S/C17H22N2O2/c1-2-12-9-19-7-5-11-3-4-15-17(21-10-20-15)16(11)14(19)8-13(12)18-6-1/h3-4,12-14,18H,1-2,5-10H2. The molecule has 5 rings (SSSR count). The first-order chi connectivity index (χ1) is 10.4. The summed E-state index contributed by atoms with van der Waals surface area (Å²) < 4.78 is 11.4. The second-order valence-corrected chi connectivity index (χ2v) is 6.83. The third-order valence-electron chi connectivity index (χ3n) is 5.78. The van der Waals surface area contributed by atoms with Gasteiger partial charge < -0.3 is 14.8 Å². The van der Waals surface area contributed by atoms with Crippen molar-refractivity contribution in [2.75, 3.05) is 26.4 Å². The molecule has 0 spiro atoms. The van der Waals surface area contributed by atoms with E-state index in [0.717, 1.165) is 23.8 Å². The molecule has 2 fully saturated rings. The minimum atomic E-state index is 0.378. The van der Waals surface area contributed by atoms with Gasteiger partial charge in [-0.2, -0.15) is 0 Å². The first-order valence-electron chi connectivity index (χ1n) is 8.29. The molecule has 4 aliphatic rings. The van der Waals surface area contributed by atoms with Gasteiger partial charge in [0, 0.05) is 30.7 Å². The molecule has 0 aromatic heterocycles. The minimum Gasteiger partial charge on any atom is -0.454 e. The fraction of sp³-hybridized carbons (Fsp3) is 0.647. The maximum atomic E-state index is 5.81. The molecule has 0 radical (unpaired) electrons. The van der Waals surface area contributed by atoms with Gasteiger partial charge >= 0.3 is 0 Å². The molecule has 112 valence electrons. The lowest BCUT2D eigenvalue weighted by Gasteiger charge is -2.49. The molecule has 1 aromatic rings. The van der Waals surface area contributed by atoms with Crippen LogP contribution in [0.2, 0.25) is 0 Å². The molecule has 1 aromatic carbocycles. The zero-order valence-electron chi connectivity index (χ0n) is 12.3. The summed E-state index contributed by atoms with van der Waals surface area (Å²) in [5.41, 5.74) is 2.89. The van der Waals surface area contributed by atoms with Gasteiger partial charge in [0.15, 0.2) is 11.5 Å². The quantitative estimate of drug-likeness (QED) is 0.792. The van der Waals surface area contributed by atoms with Gasteiger partial charge in [-0.15, -0.1) is 0 Å². The average molecular weight is 286 g/mol.